The number of pyridine rings is 1. The molecule has 0 unspecified atom stereocenters. The van der Waals surface area contributed by atoms with Crippen LogP contribution in [0.2, 0.25) is 0 Å². The fourth-order valence-corrected chi connectivity index (χ4v) is 4.78. The van der Waals surface area contributed by atoms with Gasteiger partial charge in [0.2, 0.25) is 5.03 Å². The molecule has 9 nitrogen and oxygen atoms in total. The molecule has 0 radical (unpaired) electrons. The number of fused-ring (bicyclic) bond motifs is 1. The number of methoxy groups -OCH3 is 1. The summed E-state index contributed by atoms with van der Waals surface area (Å²) in [6.45, 7) is 0. The third kappa shape index (κ3) is 3.62. The van der Waals surface area contributed by atoms with Crippen LogP contribution < -0.4 is 10.3 Å². The number of aromatic nitrogens is 5. The minimum atomic E-state index is -4.07. The monoisotopic (exact) mass is 437 g/mol. The van der Waals surface area contributed by atoms with Crippen molar-refractivity contribution in [2.75, 3.05) is 7.11 Å². The second-order valence-electron chi connectivity index (χ2n) is 7.13. The number of halogens is 1. The van der Waals surface area contributed by atoms with Gasteiger partial charge in [0.1, 0.15) is 11.2 Å². The zero-order chi connectivity index (χ0) is 20.8. The van der Waals surface area contributed by atoms with E-state index in [1.807, 2.05) is 0 Å². The van der Waals surface area contributed by atoms with Gasteiger partial charge in [-0.15, -0.1) is 0 Å². The Morgan fingerprint density at radius 2 is 2.00 bits per heavy atom. The Bertz CT molecular complexity index is 1250. The summed E-state index contributed by atoms with van der Waals surface area (Å²) in [5, 5.41) is 4.69. The molecule has 0 aliphatic heterocycles. The van der Waals surface area contributed by atoms with Crippen LogP contribution in [0.1, 0.15) is 43.7 Å². The Balaban J connectivity index is 1.84. The summed E-state index contributed by atoms with van der Waals surface area (Å²) in [5.74, 6) is 0.467. The number of hydrogen-bond donors (Lipinski definition) is 1. The van der Waals surface area contributed by atoms with E-state index in [0.29, 0.717) is 16.6 Å². The van der Waals surface area contributed by atoms with Crippen LogP contribution in [0.15, 0.2) is 22.1 Å². The van der Waals surface area contributed by atoms with Gasteiger partial charge in [0.05, 0.1) is 12.8 Å². The number of aryl methyl sites for hydroxylation is 1. The Morgan fingerprint density at radius 3 is 2.66 bits per heavy atom. The van der Waals surface area contributed by atoms with Crippen LogP contribution in [0, 0.1) is 0 Å². The third-order valence-corrected chi connectivity index (χ3v) is 6.46. The van der Waals surface area contributed by atoms with Gasteiger partial charge in [0, 0.05) is 35.4 Å². The molecule has 3 aromatic rings. The highest BCUT2D eigenvalue weighted by Gasteiger charge is 2.25. The lowest BCUT2D eigenvalue weighted by Gasteiger charge is -2.19. The molecule has 0 saturated heterocycles. The predicted molar refractivity (Wildman–Crippen MR) is 108 cm³/mol. The number of H-pyrrole nitrogens is 1. The minimum Gasteiger partial charge on any atom is -0.494 e. The molecule has 0 bridgehead atoms. The highest BCUT2D eigenvalue weighted by Crippen LogP contribution is 2.35. The molecule has 3 aromatic heterocycles. The van der Waals surface area contributed by atoms with Crippen LogP contribution in [-0.2, 0) is 16.1 Å². The first-order valence-electron chi connectivity index (χ1n) is 9.25. The Kier molecular flexibility index (Phi) is 5.07. The molecule has 3 heterocycles. The van der Waals surface area contributed by atoms with E-state index < -0.39 is 14.1 Å². The van der Waals surface area contributed by atoms with Gasteiger partial charge < -0.3 is 9.72 Å². The van der Waals surface area contributed by atoms with Gasteiger partial charge in [-0.3, -0.25) is 4.79 Å². The molecule has 29 heavy (non-hydrogen) atoms. The molecule has 1 N–H and O–H groups in total. The normalized spacial score (nSPS) is 15.7. The van der Waals surface area contributed by atoms with Crippen molar-refractivity contribution in [3.05, 3.63) is 28.3 Å². The largest absolute Gasteiger partial charge is 0.494 e. The topological polar surface area (TPSA) is 120 Å². The molecule has 154 valence electrons. The van der Waals surface area contributed by atoms with E-state index in [1.54, 1.807) is 11.7 Å². The highest BCUT2D eigenvalue weighted by atomic mass is 35.7. The molecule has 4 rings (SSSR count). The van der Waals surface area contributed by atoms with E-state index in [-0.39, 0.29) is 23.1 Å². The molecule has 1 aliphatic rings. The number of aromatic amines is 1. The first kappa shape index (κ1) is 19.8. The third-order valence-electron chi connectivity index (χ3n) is 5.26. The molecular weight excluding hydrogens is 418 g/mol. The fraction of sp³-hybridized carbons (Fsp3) is 0.444. The van der Waals surface area contributed by atoms with E-state index >= 15 is 0 Å². The van der Waals surface area contributed by atoms with E-state index in [4.69, 9.17) is 15.4 Å². The van der Waals surface area contributed by atoms with Gasteiger partial charge in [-0.05, 0) is 18.9 Å². The first-order valence-corrected chi connectivity index (χ1v) is 11.6. The quantitative estimate of drug-likeness (QED) is 0.623. The molecule has 0 aromatic carbocycles. The standard InChI is InChI=1S/C18H20ClN5O4S/c1-24-16-13(14(23-24)10-6-4-3-5-7-10)17(25)22-15(21-16)11-8-12(28-2)18(20-9-11)29(19,26)27/h8-10H,3-7H2,1-2H3,(H,21,22,25). The molecule has 11 heteroatoms. The lowest BCUT2D eigenvalue weighted by Crippen LogP contribution is -2.13. The lowest BCUT2D eigenvalue weighted by molar-refractivity contribution is 0.399. The average molecular weight is 438 g/mol. The molecule has 1 aliphatic carbocycles. The Morgan fingerprint density at radius 1 is 1.28 bits per heavy atom. The first-order chi connectivity index (χ1) is 13.8. The van der Waals surface area contributed by atoms with Crippen LogP contribution in [0.25, 0.3) is 22.4 Å². The predicted octanol–water partition coefficient (Wildman–Crippen LogP) is 2.70. The molecule has 1 fully saturated rings. The van der Waals surface area contributed by atoms with Crippen LogP contribution >= 0.6 is 10.7 Å². The van der Waals surface area contributed by atoms with Crippen LogP contribution in [0.4, 0.5) is 0 Å². The summed E-state index contributed by atoms with van der Waals surface area (Å²) >= 11 is 0. The maximum atomic E-state index is 12.9. The average Bonchev–Trinajstić information content (AvgIpc) is 3.04. The summed E-state index contributed by atoms with van der Waals surface area (Å²) in [7, 11) is 4.38. The van der Waals surface area contributed by atoms with Crippen molar-refractivity contribution in [2.45, 2.75) is 43.0 Å². The van der Waals surface area contributed by atoms with Gasteiger partial charge in [0.15, 0.2) is 11.4 Å². The number of rotatable bonds is 4. The number of nitrogens with zero attached hydrogens (tertiary/aromatic N) is 4. The summed E-state index contributed by atoms with van der Waals surface area (Å²) in [6, 6.07) is 1.42. The zero-order valence-corrected chi connectivity index (χ0v) is 17.5. The molecule has 0 atom stereocenters. The van der Waals surface area contributed by atoms with Crippen LogP contribution in [-0.4, -0.2) is 40.3 Å². The molecule has 0 amide bonds. The van der Waals surface area contributed by atoms with Crippen molar-refractivity contribution in [3.63, 3.8) is 0 Å². The highest BCUT2D eigenvalue weighted by molar-refractivity contribution is 8.13. The smallest absolute Gasteiger partial charge is 0.282 e. The molecule has 0 spiro atoms. The van der Waals surface area contributed by atoms with Crippen LogP contribution in [0.3, 0.4) is 0 Å². The zero-order valence-electron chi connectivity index (χ0n) is 16.0. The van der Waals surface area contributed by atoms with E-state index in [9.17, 15) is 13.2 Å². The SMILES string of the molecule is COc1cc(-c2nc3c(c(C4CCCCC4)nn3C)c(=O)[nH]2)cnc1S(=O)(=O)Cl. The summed E-state index contributed by atoms with van der Waals surface area (Å²) < 4.78 is 30.0. The van der Waals surface area contributed by atoms with Gasteiger partial charge in [-0.1, -0.05) is 19.3 Å². The van der Waals surface area contributed by atoms with Gasteiger partial charge in [-0.2, -0.15) is 5.10 Å². The van der Waals surface area contributed by atoms with Crippen molar-refractivity contribution in [2.24, 2.45) is 7.05 Å². The maximum absolute atomic E-state index is 12.9. The van der Waals surface area contributed by atoms with Crippen LogP contribution in [0.5, 0.6) is 5.75 Å². The second kappa shape index (κ2) is 7.42. The van der Waals surface area contributed by atoms with E-state index in [0.717, 1.165) is 31.4 Å². The molecular formula is C18H20ClN5O4S. The van der Waals surface area contributed by atoms with Gasteiger partial charge in [0.25, 0.3) is 14.6 Å². The van der Waals surface area contributed by atoms with Crippen molar-refractivity contribution in [3.8, 4) is 17.1 Å². The van der Waals surface area contributed by atoms with E-state index in [2.05, 4.69) is 20.1 Å². The number of hydrogen-bond acceptors (Lipinski definition) is 7. The fourth-order valence-electron chi connectivity index (χ4n) is 3.87. The van der Waals surface area contributed by atoms with Crippen molar-refractivity contribution >= 4 is 30.8 Å². The summed E-state index contributed by atoms with van der Waals surface area (Å²) in [5.41, 5.74) is 1.37. The van der Waals surface area contributed by atoms with Crippen molar-refractivity contribution in [1.29, 1.82) is 0 Å². The second-order valence-corrected chi connectivity index (χ2v) is 9.61. The summed E-state index contributed by atoms with van der Waals surface area (Å²) in [4.78, 5) is 24.1. The molecule has 1 saturated carbocycles. The maximum Gasteiger partial charge on any atom is 0.282 e. The lowest BCUT2D eigenvalue weighted by atomic mass is 9.86. The Labute approximate surface area is 171 Å². The van der Waals surface area contributed by atoms with Gasteiger partial charge in [-0.25, -0.2) is 23.1 Å². The number of nitrogens with one attached hydrogen (secondary N) is 1. The number of ether oxygens (including phenoxy) is 1. The van der Waals surface area contributed by atoms with E-state index in [1.165, 1.54) is 25.8 Å². The van der Waals surface area contributed by atoms with Gasteiger partial charge >= 0.3 is 0 Å². The Hall–Kier alpha value is -2.46. The summed E-state index contributed by atoms with van der Waals surface area (Å²) in [6.07, 6.45) is 6.79. The van der Waals surface area contributed by atoms with Crippen molar-refractivity contribution < 1.29 is 13.2 Å². The van der Waals surface area contributed by atoms with Crippen molar-refractivity contribution in [1.82, 2.24) is 24.7 Å². The minimum absolute atomic E-state index is 0.0341.